The number of carbonyl (C=O) groups excluding carboxylic acids is 2. The monoisotopic (exact) mass is 478 g/mol. The molecule has 0 radical (unpaired) electrons. The number of carbonyl (C=O) groups is 2. The summed E-state index contributed by atoms with van der Waals surface area (Å²) in [6, 6.07) is 17.6. The van der Waals surface area contributed by atoms with Gasteiger partial charge in [-0.05, 0) is 36.1 Å². The maximum absolute atomic E-state index is 13.0. The zero-order valence-corrected chi connectivity index (χ0v) is 20.8. The Morgan fingerprint density at radius 2 is 1.34 bits per heavy atom. The van der Waals surface area contributed by atoms with E-state index in [0.29, 0.717) is 13.1 Å². The third-order valence-corrected chi connectivity index (χ3v) is 7.04. The lowest BCUT2D eigenvalue weighted by atomic mass is 9.98. The van der Waals surface area contributed by atoms with Crippen molar-refractivity contribution < 1.29 is 14.3 Å². The number of hydrogen-bond donors (Lipinski definition) is 1. The smallest absolute Gasteiger partial charge is 0.236 e. The number of amides is 2. The lowest BCUT2D eigenvalue weighted by Crippen LogP contribution is -2.52. The van der Waals surface area contributed by atoms with Crippen LogP contribution in [0.1, 0.15) is 42.9 Å². The van der Waals surface area contributed by atoms with Crippen molar-refractivity contribution in [1.82, 2.24) is 20.0 Å². The fourth-order valence-electron chi connectivity index (χ4n) is 4.93. The first-order chi connectivity index (χ1) is 17.1. The summed E-state index contributed by atoms with van der Waals surface area (Å²) in [7, 11) is 1.65. The van der Waals surface area contributed by atoms with Gasteiger partial charge in [0.1, 0.15) is 5.75 Å². The van der Waals surface area contributed by atoms with Crippen molar-refractivity contribution in [1.29, 1.82) is 0 Å². The van der Waals surface area contributed by atoms with Crippen molar-refractivity contribution in [3.63, 3.8) is 0 Å². The molecular weight excluding hydrogens is 440 g/mol. The Morgan fingerprint density at radius 1 is 0.771 bits per heavy atom. The zero-order valence-electron chi connectivity index (χ0n) is 20.8. The number of likely N-dealkylation sites (tertiary alicyclic amines) is 1. The zero-order chi connectivity index (χ0) is 24.5. The molecule has 2 aromatic carbocycles. The molecule has 0 unspecified atom stereocenters. The topological polar surface area (TPSA) is 65.1 Å². The van der Waals surface area contributed by atoms with Crippen LogP contribution in [-0.2, 0) is 9.59 Å². The number of methoxy groups -OCH3 is 1. The SMILES string of the molecule is COc1ccc([C@@H](NC(=O)CN2CCN(CC(=O)N3CCCCCC3)CC2)c2ccccc2)cc1. The van der Waals surface area contributed by atoms with Crippen LogP contribution in [0.4, 0.5) is 0 Å². The number of benzene rings is 2. The van der Waals surface area contributed by atoms with Crippen LogP contribution >= 0.6 is 0 Å². The van der Waals surface area contributed by atoms with Crippen molar-refractivity contribution >= 4 is 11.8 Å². The van der Waals surface area contributed by atoms with Crippen molar-refractivity contribution in [3.05, 3.63) is 65.7 Å². The molecule has 0 saturated carbocycles. The predicted octanol–water partition coefficient (Wildman–Crippen LogP) is 2.92. The van der Waals surface area contributed by atoms with Crippen LogP contribution in [0.3, 0.4) is 0 Å². The molecule has 7 nitrogen and oxygen atoms in total. The van der Waals surface area contributed by atoms with Gasteiger partial charge in [-0.3, -0.25) is 19.4 Å². The summed E-state index contributed by atoms with van der Waals surface area (Å²) >= 11 is 0. The molecule has 1 N–H and O–H groups in total. The van der Waals surface area contributed by atoms with E-state index in [1.165, 1.54) is 12.8 Å². The van der Waals surface area contributed by atoms with Gasteiger partial charge in [-0.15, -0.1) is 0 Å². The van der Waals surface area contributed by atoms with E-state index in [1.54, 1.807) is 7.11 Å². The summed E-state index contributed by atoms with van der Waals surface area (Å²) in [5.74, 6) is 1.05. The highest BCUT2D eigenvalue weighted by Crippen LogP contribution is 2.24. The van der Waals surface area contributed by atoms with E-state index in [1.807, 2.05) is 59.5 Å². The summed E-state index contributed by atoms with van der Waals surface area (Å²) in [4.78, 5) is 32.2. The molecule has 2 fully saturated rings. The molecule has 7 heteroatoms. The molecule has 188 valence electrons. The molecule has 0 spiro atoms. The summed E-state index contributed by atoms with van der Waals surface area (Å²) in [5, 5.41) is 3.23. The second-order valence-electron chi connectivity index (χ2n) is 9.53. The molecule has 4 rings (SSSR count). The molecule has 2 aliphatic rings. The number of hydrogen-bond acceptors (Lipinski definition) is 5. The van der Waals surface area contributed by atoms with Gasteiger partial charge < -0.3 is 15.0 Å². The van der Waals surface area contributed by atoms with E-state index in [2.05, 4.69) is 15.1 Å². The average molecular weight is 479 g/mol. The van der Waals surface area contributed by atoms with Gasteiger partial charge in [0.2, 0.25) is 11.8 Å². The van der Waals surface area contributed by atoms with Crippen LogP contribution in [0.15, 0.2) is 54.6 Å². The molecule has 2 amide bonds. The van der Waals surface area contributed by atoms with Crippen LogP contribution in [0, 0.1) is 0 Å². The van der Waals surface area contributed by atoms with E-state index in [4.69, 9.17) is 4.74 Å². The lowest BCUT2D eigenvalue weighted by molar-refractivity contribution is -0.133. The molecule has 2 aliphatic heterocycles. The minimum absolute atomic E-state index is 0.00349. The molecule has 2 saturated heterocycles. The summed E-state index contributed by atoms with van der Waals surface area (Å²) < 4.78 is 5.29. The molecule has 2 aromatic rings. The molecular formula is C28H38N4O3. The normalized spacial score (nSPS) is 18.5. The number of nitrogens with zero attached hydrogens (tertiary/aromatic N) is 3. The van der Waals surface area contributed by atoms with Crippen LogP contribution in [0.25, 0.3) is 0 Å². The fourth-order valence-corrected chi connectivity index (χ4v) is 4.93. The van der Waals surface area contributed by atoms with Gasteiger partial charge in [0.15, 0.2) is 0 Å². The number of ether oxygens (including phenoxy) is 1. The van der Waals surface area contributed by atoms with Gasteiger partial charge >= 0.3 is 0 Å². The first kappa shape index (κ1) is 25.2. The highest BCUT2D eigenvalue weighted by Gasteiger charge is 2.24. The summed E-state index contributed by atoms with van der Waals surface area (Å²) in [5.41, 5.74) is 2.06. The van der Waals surface area contributed by atoms with E-state index in [-0.39, 0.29) is 17.9 Å². The van der Waals surface area contributed by atoms with Crippen LogP contribution in [0.2, 0.25) is 0 Å². The van der Waals surface area contributed by atoms with Gasteiger partial charge in [0.25, 0.3) is 0 Å². The Labute approximate surface area is 209 Å². The van der Waals surface area contributed by atoms with E-state index < -0.39 is 0 Å². The Balaban J connectivity index is 1.28. The summed E-state index contributed by atoms with van der Waals surface area (Å²) in [6.07, 6.45) is 4.70. The number of nitrogens with one attached hydrogen (secondary N) is 1. The highest BCUT2D eigenvalue weighted by molar-refractivity contribution is 5.79. The van der Waals surface area contributed by atoms with Gasteiger partial charge in [-0.2, -0.15) is 0 Å². The Morgan fingerprint density at radius 3 is 1.94 bits per heavy atom. The Kier molecular flexibility index (Phi) is 9.15. The molecule has 1 atom stereocenters. The number of piperazine rings is 1. The van der Waals surface area contributed by atoms with Crippen LogP contribution in [-0.4, -0.2) is 86.0 Å². The Bertz CT molecular complexity index is 934. The van der Waals surface area contributed by atoms with E-state index >= 15 is 0 Å². The predicted molar refractivity (Wildman–Crippen MR) is 137 cm³/mol. The third-order valence-electron chi connectivity index (χ3n) is 7.04. The van der Waals surface area contributed by atoms with Gasteiger partial charge in [0, 0.05) is 39.3 Å². The number of rotatable bonds is 8. The highest BCUT2D eigenvalue weighted by atomic mass is 16.5. The fraction of sp³-hybridized carbons (Fsp3) is 0.500. The lowest BCUT2D eigenvalue weighted by Gasteiger charge is -2.35. The molecule has 0 bridgehead atoms. The second kappa shape index (κ2) is 12.7. The standard InChI is InChI=1S/C28H38N4O3/c1-35-25-13-11-24(12-14-25)28(23-9-5-4-6-10-23)29-26(33)21-30-17-19-31(20-18-30)22-27(34)32-15-7-2-3-8-16-32/h4-6,9-14,28H,2-3,7-8,15-22H2,1H3,(H,29,33)/t28-/m0/s1. The summed E-state index contributed by atoms with van der Waals surface area (Å²) in [6.45, 7) is 5.85. The minimum Gasteiger partial charge on any atom is -0.497 e. The molecule has 0 aromatic heterocycles. The molecule has 0 aliphatic carbocycles. The largest absolute Gasteiger partial charge is 0.497 e. The van der Waals surface area contributed by atoms with Crippen molar-refractivity contribution in [3.8, 4) is 5.75 Å². The maximum atomic E-state index is 13.0. The Hall–Kier alpha value is -2.90. The molecule has 35 heavy (non-hydrogen) atoms. The third kappa shape index (κ3) is 7.29. The first-order valence-corrected chi connectivity index (χ1v) is 12.8. The second-order valence-corrected chi connectivity index (χ2v) is 9.53. The van der Waals surface area contributed by atoms with E-state index in [0.717, 1.165) is 69.0 Å². The van der Waals surface area contributed by atoms with Crippen molar-refractivity contribution in [2.45, 2.75) is 31.7 Å². The quantitative estimate of drug-likeness (QED) is 0.632. The van der Waals surface area contributed by atoms with Gasteiger partial charge in [-0.25, -0.2) is 0 Å². The molecule has 2 heterocycles. The van der Waals surface area contributed by atoms with E-state index in [9.17, 15) is 9.59 Å². The van der Waals surface area contributed by atoms with Crippen LogP contribution < -0.4 is 10.1 Å². The van der Waals surface area contributed by atoms with Gasteiger partial charge in [-0.1, -0.05) is 55.3 Å². The van der Waals surface area contributed by atoms with Crippen molar-refractivity contribution in [2.24, 2.45) is 0 Å². The average Bonchev–Trinajstić information content (AvgIpc) is 3.19. The minimum atomic E-state index is -0.220. The maximum Gasteiger partial charge on any atom is 0.236 e. The van der Waals surface area contributed by atoms with Crippen LogP contribution in [0.5, 0.6) is 5.75 Å². The van der Waals surface area contributed by atoms with Crippen molar-refractivity contribution in [2.75, 3.05) is 59.5 Å². The van der Waals surface area contributed by atoms with Gasteiger partial charge in [0.05, 0.1) is 26.2 Å². The first-order valence-electron chi connectivity index (χ1n) is 12.8.